The molecule has 2 aromatic carbocycles. The summed E-state index contributed by atoms with van der Waals surface area (Å²) < 4.78 is 31.0. The molecule has 0 saturated heterocycles. The number of non-ortho nitro benzene ring substituents is 1. The lowest BCUT2D eigenvalue weighted by Gasteiger charge is -2.08. The van der Waals surface area contributed by atoms with Crippen molar-refractivity contribution < 1.29 is 18.4 Å². The summed E-state index contributed by atoms with van der Waals surface area (Å²) in [5.74, 6) is -1.33. The van der Waals surface area contributed by atoms with E-state index >= 15 is 0 Å². The Labute approximate surface area is 119 Å². The van der Waals surface area contributed by atoms with Crippen molar-refractivity contribution in [2.24, 2.45) is 0 Å². The van der Waals surface area contributed by atoms with E-state index in [-0.39, 0.29) is 12.3 Å². The molecule has 0 aliphatic carbocycles. The van der Waals surface area contributed by atoms with Crippen LogP contribution in [-0.2, 0) is 0 Å². The van der Waals surface area contributed by atoms with Gasteiger partial charge in [-0.3, -0.25) is 10.1 Å². The molecule has 0 fully saturated rings. The molecule has 7 heteroatoms. The number of halogens is 2. The van der Waals surface area contributed by atoms with Crippen LogP contribution in [0.4, 0.5) is 20.2 Å². The number of nitro benzene ring substituents is 1. The quantitative estimate of drug-likeness (QED) is 0.504. The molecule has 2 aromatic rings. The summed E-state index contributed by atoms with van der Waals surface area (Å²) in [6.45, 7) is 0.652. The predicted molar refractivity (Wildman–Crippen MR) is 73.4 cm³/mol. The highest BCUT2D eigenvalue weighted by Crippen LogP contribution is 2.17. The van der Waals surface area contributed by atoms with Crippen molar-refractivity contribution in [1.29, 1.82) is 0 Å². The number of nitrogens with one attached hydrogen (secondary N) is 1. The maximum atomic E-state index is 13.0. The molecule has 0 atom stereocenters. The van der Waals surface area contributed by atoms with Crippen LogP contribution in [0.25, 0.3) is 0 Å². The lowest BCUT2D eigenvalue weighted by Crippen LogP contribution is -2.11. The van der Waals surface area contributed by atoms with Gasteiger partial charge in [-0.05, 0) is 24.3 Å². The maximum absolute atomic E-state index is 13.0. The van der Waals surface area contributed by atoms with Gasteiger partial charge in [0.2, 0.25) is 0 Å². The zero-order chi connectivity index (χ0) is 15.2. The fourth-order valence-corrected chi connectivity index (χ4v) is 1.63. The fraction of sp³-hybridized carbons (Fsp3) is 0.143. The third-order valence-electron chi connectivity index (χ3n) is 2.67. The van der Waals surface area contributed by atoms with Crippen LogP contribution in [0.2, 0.25) is 0 Å². The summed E-state index contributed by atoms with van der Waals surface area (Å²) in [6, 6.07) is 9.20. The van der Waals surface area contributed by atoms with Crippen LogP contribution >= 0.6 is 0 Å². The van der Waals surface area contributed by atoms with Gasteiger partial charge in [0.25, 0.3) is 5.69 Å². The molecular weight excluding hydrogens is 282 g/mol. The van der Waals surface area contributed by atoms with Crippen LogP contribution in [-0.4, -0.2) is 18.1 Å². The highest BCUT2D eigenvalue weighted by molar-refractivity contribution is 5.43. The van der Waals surface area contributed by atoms with E-state index in [0.29, 0.717) is 18.0 Å². The van der Waals surface area contributed by atoms with Gasteiger partial charge in [0.05, 0.1) is 4.92 Å². The molecule has 0 spiro atoms. The normalized spacial score (nSPS) is 10.2. The molecule has 0 amide bonds. The number of anilines is 1. The molecule has 5 nitrogen and oxygen atoms in total. The van der Waals surface area contributed by atoms with Gasteiger partial charge in [-0.25, -0.2) is 8.78 Å². The van der Waals surface area contributed by atoms with Crippen molar-refractivity contribution in [3.63, 3.8) is 0 Å². The van der Waals surface area contributed by atoms with E-state index in [1.165, 1.54) is 30.3 Å². The fourth-order valence-electron chi connectivity index (χ4n) is 1.63. The largest absolute Gasteiger partial charge is 0.492 e. The molecule has 0 heterocycles. The molecule has 1 N–H and O–H groups in total. The standard InChI is InChI=1S/C14H12F2N2O3/c15-13-6-1-10(9-14(13)16)17-7-8-21-12-4-2-11(3-5-12)18(19)20/h1-6,9,17H,7-8H2. The third kappa shape index (κ3) is 4.13. The zero-order valence-corrected chi connectivity index (χ0v) is 10.9. The van der Waals surface area contributed by atoms with Gasteiger partial charge in [-0.1, -0.05) is 0 Å². The van der Waals surface area contributed by atoms with Crippen molar-refractivity contribution in [3.8, 4) is 5.75 Å². The molecule has 2 rings (SSSR count). The number of hydrogen-bond acceptors (Lipinski definition) is 4. The monoisotopic (exact) mass is 294 g/mol. The van der Waals surface area contributed by atoms with Gasteiger partial charge in [0.1, 0.15) is 12.4 Å². The van der Waals surface area contributed by atoms with Crippen molar-refractivity contribution in [1.82, 2.24) is 0 Å². The van der Waals surface area contributed by atoms with Crippen LogP contribution in [0.15, 0.2) is 42.5 Å². The minimum atomic E-state index is -0.920. The van der Waals surface area contributed by atoms with Crippen LogP contribution in [0.3, 0.4) is 0 Å². The van der Waals surface area contributed by atoms with Gasteiger partial charge >= 0.3 is 0 Å². The summed E-state index contributed by atoms with van der Waals surface area (Å²) in [4.78, 5) is 9.99. The van der Waals surface area contributed by atoms with Crippen molar-refractivity contribution in [2.45, 2.75) is 0 Å². The second kappa shape index (κ2) is 6.65. The Morgan fingerprint density at radius 3 is 2.43 bits per heavy atom. The summed E-state index contributed by atoms with van der Waals surface area (Å²) in [5.41, 5.74) is 0.434. The highest BCUT2D eigenvalue weighted by atomic mass is 19.2. The number of benzene rings is 2. The lowest BCUT2D eigenvalue weighted by molar-refractivity contribution is -0.384. The van der Waals surface area contributed by atoms with E-state index in [1.54, 1.807) is 0 Å². The van der Waals surface area contributed by atoms with Gasteiger partial charge < -0.3 is 10.1 Å². The van der Waals surface area contributed by atoms with Gasteiger partial charge in [-0.15, -0.1) is 0 Å². The number of rotatable bonds is 6. The Morgan fingerprint density at radius 1 is 1.10 bits per heavy atom. The van der Waals surface area contributed by atoms with Crippen molar-refractivity contribution >= 4 is 11.4 Å². The summed E-state index contributed by atoms with van der Waals surface area (Å²) in [7, 11) is 0. The minimum Gasteiger partial charge on any atom is -0.492 e. The SMILES string of the molecule is O=[N+]([O-])c1ccc(OCCNc2ccc(F)c(F)c2)cc1. The molecule has 0 bridgehead atoms. The topological polar surface area (TPSA) is 64.4 Å². The van der Waals surface area contributed by atoms with E-state index < -0.39 is 16.6 Å². The van der Waals surface area contributed by atoms with E-state index in [4.69, 9.17) is 4.74 Å². The van der Waals surface area contributed by atoms with Gasteiger partial charge in [0.15, 0.2) is 11.6 Å². The van der Waals surface area contributed by atoms with Crippen molar-refractivity contribution in [2.75, 3.05) is 18.5 Å². The molecule has 21 heavy (non-hydrogen) atoms. The van der Waals surface area contributed by atoms with Crippen LogP contribution < -0.4 is 10.1 Å². The number of ether oxygens (including phenoxy) is 1. The first kappa shape index (κ1) is 14.7. The first-order valence-corrected chi connectivity index (χ1v) is 6.12. The minimum absolute atomic E-state index is 0.0118. The maximum Gasteiger partial charge on any atom is 0.269 e. The Hall–Kier alpha value is -2.70. The molecule has 0 saturated carbocycles. The Kier molecular flexibility index (Phi) is 4.65. The molecular formula is C14H12F2N2O3. The smallest absolute Gasteiger partial charge is 0.269 e. The number of nitro groups is 1. The van der Waals surface area contributed by atoms with Crippen molar-refractivity contribution in [3.05, 3.63) is 64.2 Å². The molecule has 0 unspecified atom stereocenters. The highest BCUT2D eigenvalue weighted by Gasteiger charge is 2.04. The summed E-state index contributed by atoms with van der Waals surface area (Å²) >= 11 is 0. The number of hydrogen-bond donors (Lipinski definition) is 1. The van der Waals surface area contributed by atoms with Crippen LogP contribution in [0, 0.1) is 21.7 Å². The third-order valence-corrected chi connectivity index (χ3v) is 2.67. The number of nitrogens with zero attached hydrogens (tertiary/aromatic N) is 1. The molecule has 0 aliphatic rings. The van der Waals surface area contributed by atoms with E-state index in [0.717, 1.165) is 12.1 Å². The summed E-state index contributed by atoms with van der Waals surface area (Å²) in [5, 5.41) is 13.4. The molecule has 0 aliphatic heterocycles. The first-order chi connectivity index (χ1) is 10.1. The van der Waals surface area contributed by atoms with Gasteiger partial charge in [-0.2, -0.15) is 0 Å². The Bertz CT molecular complexity index is 633. The first-order valence-electron chi connectivity index (χ1n) is 6.12. The zero-order valence-electron chi connectivity index (χ0n) is 10.9. The Morgan fingerprint density at radius 2 is 1.81 bits per heavy atom. The van der Waals surface area contributed by atoms with E-state index in [1.807, 2.05) is 0 Å². The molecule has 110 valence electrons. The van der Waals surface area contributed by atoms with Crippen LogP contribution in [0.5, 0.6) is 5.75 Å². The van der Waals surface area contributed by atoms with Crippen LogP contribution in [0.1, 0.15) is 0 Å². The van der Waals surface area contributed by atoms with E-state index in [2.05, 4.69) is 5.32 Å². The average Bonchev–Trinajstić information content (AvgIpc) is 2.47. The predicted octanol–water partition coefficient (Wildman–Crippen LogP) is 3.36. The van der Waals surface area contributed by atoms with E-state index in [9.17, 15) is 18.9 Å². The summed E-state index contributed by atoms with van der Waals surface area (Å²) in [6.07, 6.45) is 0. The second-order valence-electron chi connectivity index (χ2n) is 4.16. The second-order valence-corrected chi connectivity index (χ2v) is 4.16. The molecule has 0 aromatic heterocycles. The average molecular weight is 294 g/mol. The molecule has 0 radical (unpaired) electrons. The van der Waals surface area contributed by atoms with Gasteiger partial charge in [0, 0.05) is 30.4 Å². The lowest BCUT2D eigenvalue weighted by atomic mass is 10.3. The Balaban J connectivity index is 1.79.